The predicted octanol–water partition coefficient (Wildman–Crippen LogP) is 4.46. The number of nitrogens with two attached hydrogens (primary N) is 1. The van der Waals surface area contributed by atoms with Crippen molar-refractivity contribution in [3.05, 3.63) is 57.7 Å². The van der Waals surface area contributed by atoms with E-state index in [4.69, 9.17) is 5.73 Å². The molecule has 0 unspecified atom stereocenters. The minimum Gasteiger partial charge on any atom is -0.369 e. The zero-order valence-corrected chi connectivity index (χ0v) is 14.7. The molecule has 0 spiro atoms. The van der Waals surface area contributed by atoms with Crippen molar-refractivity contribution in [2.75, 3.05) is 4.90 Å². The number of anilines is 1. The number of nitrogens with zero attached hydrogens (tertiary/aromatic N) is 2. The number of hydrogen-bond donors (Lipinski definition) is 1. The van der Waals surface area contributed by atoms with Crippen molar-refractivity contribution >= 4 is 39.9 Å². The van der Waals surface area contributed by atoms with E-state index >= 15 is 0 Å². The fourth-order valence-corrected chi connectivity index (χ4v) is 2.77. The van der Waals surface area contributed by atoms with E-state index in [1.54, 1.807) is 0 Å². The molecule has 110 valence electrons. The Bertz CT molecular complexity index is 633. The van der Waals surface area contributed by atoms with Crippen molar-refractivity contribution in [1.29, 1.82) is 0 Å². The van der Waals surface area contributed by atoms with Crippen molar-refractivity contribution in [3.8, 4) is 0 Å². The number of rotatable bonds is 3. The van der Waals surface area contributed by atoms with E-state index in [2.05, 4.69) is 65.4 Å². The molecule has 0 aliphatic rings. The summed E-state index contributed by atoms with van der Waals surface area (Å²) in [5.41, 5.74) is 9.43. The van der Waals surface area contributed by atoms with Gasteiger partial charge >= 0.3 is 0 Å². The average Bonchev–Trinajstić information content (AvgIpc) is 2.43. The molecule has 2 aromatic rings. The van der Waals surface area contributed by atoms with Crippen LogP contribution in [0.4, 0.5) is 11.4 Å². The van der Waals surface area contributed by atoms with Gasteiger partial charge in [0.05, 0.1) is 11.4 Å². The first-order valence-corrected chi connectivity index (χ1v) is 8.01. The van der Waals surface area contributed by atoms with Gasteiger partial charge in [-0.3, -0.25) is 0 Å². The highest BCUT2D eigenvalue weighted by Gasteiger charge is 2.17. The fourth-order valence-electron chi connectivity index (χ4n) is 2.12. The molecule has 0 heterocycles. The summed E-state index contributed by atoms with van der Waals surface area (Å²) in [4.78, 5) is 6.61. The predicted molar refractivity (Wildman–Crippen MR) is 99.2 cm³/mol. The van der Waals surface area contributed by atoms with E-state index in [9.17, 15) is 0 Å². The van der Waals surface area contributed by atoms with Crippen molar-refractivity contribution < 1.29 is 0 Å². The number of halogens is 1. The maximum absolute atomic E-state index is 6.26. The Morgan fingerprint density at radius 2 is 1.71 bits per heavy atom. The van der Waals surface area contributed by atoms with Crippen LogP contribution in [0, 0.1) is 10.5 Å². The van der Waals surface area contributed by atoms with Gasteiger partial charge in [0.2, 0.25) is 5.96 Å². The van der Waals surface area contributed by atoms with Crippen LogP contribution in [-0.4, -0.2) is 12.0 Å². The highest BCUT2D eigenvalue weighted by molar-refractivity contribution is 14.1. The Balaban J connectivity index is 2.38. The lowest BCUT2D eigenvalue weighted by atomic mass is 10.2. The Morgan fingerprint density at radius 1 is 1.10 bits per heavy atom. The second-order valence-electron chi connectivity index (χ2n) is 5.22. The number of guanidine groups is 1. The summed E-state index contributed by atoms with van der Waals surface area (Å²) in [5, 5.41) is 0. The molecule has 2 aromatic carbocycles. The smallest absolute Gasteiger partial charge is 0.201 e. The zero-order chi connectivity index (χ0) is 15.4. The molecule has 0 aliphatic carbocycles. The van der Waals surface area contributed by atoms with Gasteiger partial charge in [-0.05, 0) is 67.6 Å². The summed E-state index contributed by atoms with van der Waals surface area (Å²) < 4.78 is 1.16. The SMILES string of the molecule is Cc1ccc(N=C(N)N(c2ccccc2I)C(C)C)cc1. The van der Waals surface area contributed by atoms with Gasteiger partial charge < -0.3 is 10.6 Å². The molecule has 21 heavy (non-hydrogen) atoms. The third-order valence-corrected chi connectivity index (χ3v) is 4.07. The third-order valence-electron chi connectivity index (χ3n) is 3.15. The van der Waals surface area contributed by atoms with E-state index in [0.717, 1.165) is 14.9 Å². The second kappa shape index (κ2) is 6.93. The monoisotopic (exact) mass is 393 g/mol. The molecule has 3 nitrogen and oxygen atoms in total. The van der Waals surface area contributed by atoms with Gasteiger partial charge in [0.1, 0.15) is 0 Å². The lowest BCUT2D eigenvalue weighted by molar-refractivity contribution is 0.800. The average molecular weight is 393 g/mol. The minimum absolute atomic E-state index is 0.232. The second-order valence-corrected chi connectivity index (χ2v) is 6.38. The van der Waals surface area contributed by atoms with Crippen LogP contribution in [0.3, 0.4) is 0 Å². The Labute approximate surface area is 140 Å². The summed E-state index contributed by atoms with van der Waals surface area (Å²) in [7, 11) is 0. The number of benzene rings is 2. The molecule has 2 N–H and O–H groups in total. The van der Waals surface area contributed by atoms with Crippen molar-refractivity contribution in [3.63, 3.8) is 0 Å². The van der Waals surface area contributed by atoms with Crippen LogP contribution in [0.25, 0.3) is 0 Å². The van der Waals surface area contributed by atoms with Crippen molar-refractivity contribution in [1.82, 2.24) is 0 Å². The molecule has 0 radical (unpaired) electrons. The van der Waals surface area contributed by atoms with Crippen molar-refractivity contribution in [2.45, 2.75) is 26.8 Å². The number of aliphatic imine (C=N–C) groups is 1. The standard InChI is InChI=1S/C17H20IN3/c1-12(2)21(16-7-5-4-6-15(16)18)17(19)20-14-10-8-13(3)9-11-14/h4-12H,1-3H3,(H2,19,20). The minimum atomic E-state index is 0.232. The van der Waals surface area contributed by atoms with Crippen LogP contribution in [0.2, 0.25) is 0 Å². The Kier molecular flexibility index (Phi) is 5.22. The summed E-state index contributed by atoms with van der Waals surface area (Å²) in [6.07, 6.45) is 0. The molecule has 0 saturated carbocycles. The molecule has 0 saturated heterocycles. The first-order chi connectivity index (χ1) is 9.99. The van der Waals surface area contributed by atoms with Crippen molar-refractivity contribution in [2.24, 2.45) is 10.7 Å². The van der Waals surface area contributed by atoms with E-state index in [-0.39, 0.29) is 6.04 Å². The molecule has 0 bridgehead atoms. The molecule has 0 aliphatic heterocycles. The number of para-hydroxylation sites is 1. The van der Waals surface area contributed by atoms with Gasteiger partial charge in [0, 0.05) is 9.61 Å². The van der Waals surface area contributed by atoms with E-state index < -0.39 is 0 Å². The molecular formula is C17H20IN3. The third kappa shape index (κ3) is 3.97. The lowest BCUT2D eigenvalue weighted by Gasteiger charge is -2.28. The molecular weight excluding hydrogens is 373 g/mol. The van der Waals surface area contributed by atoms with Gasteiger partial charge in [0.15, 0.2) is 0 Å². The maximum Gasteiger partial charge on any atom is 0.201 e. The fraction of sp³-hybridized carbons (Fsp3) is 0.235. The van der Waals surface area contributed by atoms with Crippen LogP contribution in [0.15, 0.2) is 53.5 Å². The quantitative estimate of drug-likeness (QED) is 0.475. The molecule has 0 atom stereocenters. The largest absolute Gasteiger partial charge is 0.369 e. The van der Waals surface area contributed by atoms with Gasteiger partial charge in [0.25, 0.3) is 0 Å². The molecule has 2 rings (SSSR count). The van der Waals surface area contributed by atoms with Gasteiger partial charge in [-0.25, -0.2) is 4.99 Å². The highest BCUT2D eigenvalue weighted by atomic mass is 127. The normalized spacial score (nSPS) is 11.8. The van der Waals surface area contributed by atoms with Crippen LogP contribution in [-0.2, 0) is 0 Å². The first kappa shape index (κ1) is 15.8. The summed E-state index contributed by atoms with van der Waals surface area (Å²) in [6, 6.07) is 16.5. The molecule has 0 aromatic heterocycles. The number of aryl methyl sites for hydroxylation is 1. The zero-order valence-electron chi connectivity index (χ0n) is 12.5. The molecule has 0 amide bonds. The lowest BCUT2D eigenvalue weighted by Crippen LogP contribution is -2.42. The van der Waals surface area contributed by atoms with E-state index in [0.29, 0.717) is 5.96 Å². The van der Waals surface area contributed by atoms with E-state index in [1.807, 2.05) is 36.4 Å². The van der Waals surface area contributed by atoms with Crippen LogP contribution in [0.1, 0.15) is 19.4 Å². The molecule has 4 heteroatoms. The van der Waals surface area contributed by atoms with E-state index in [1.165, 1.54) is 5.56 Å². The summed E-state index contributed by atoms with van der Waals surface area (Å²) >= 11 is 2.33. The highest BCUT2D eigenvalue weighted by Crippen LogP contribution is 2.24. The van der Waals surface area contributed by atoms with Gasteiger partial charge in [-0.1, -0.05) is 29.8 Å². The first-order valence-electron chi connectivity index (χ1n) is 6.93. The van der Waals surface area contributed by atoms with Crippen LogP contribution >= 0.6 is 22.6 Å². The number of hydrogen-bond acceptors (Lipinski definition) is 1. The Morgan fingerprint density at radius 3 is 2.29 bits per heavy atom. The van der Waals surface area contributed by atoms with Gasteiger partial charge in [-0.15, -0.1) is 0 Å². The Hall–Kier alpha value is -1.56. The summed E-state index contributed by atoms with van der Waals surface area (Å²) in [6.45, 7) is 6.28. The maximum atomic E-state index is 6.26. The molecule has 0 fully saturated rings. The summed E-state index contributed by atoms with van der Waals surface area (Å²) in [5.74, 6) is 0.512. The van der Waals surface area contributed by atoms with Crippen LogP contribution in [0.5, 0.6) is 0 Å². The topological polar surface area (TPSA) is 41.6 Å². The van der Waals surface area contributed by atoms with Gasteiger partial charge in [-0.2, -0.15) is 0 Å². The van der Waals surface area contributed by atoms with Crippen LogP contribution < -0.4 is 10.6 Å².